The van der Waals surface area contributed by atoms with Crippen molar-refractivity contribution in [2.24, 2.45) is 0 Å². The van der Waals surface area contributed by atoms with E-state index in [4.69, 9.17) is 9.47 Å². The van der Waals surface area contributed by atoms with Crippen LogP contribution in [0.4, 0.5) is 4.79 Å². The molecule has 0 atom stereocenters. The fourth-order valence-electron chi connectivity index (χ4n) is 3.02. The normalized spacial score (nSPS) is 10.6. The fourth-order valence-corrected chi connectivity index (χ4v) is 3.02. The molecule has 0 radical (unpaired) electrons. The highest BCUT2D eigenvalue weighted by Gasteiger charge is 2.06. The van der Waals surface area contributed by atoms with E-state index in [0.717, 1.165) is 18.5 Å². The summed E-state index contributed by atoms with van der Waals surface area (Å²) in [6.07, 6.45) is 2.95. The van der Waals surface area contributed by atoms with Crippen molar-refractivity contribution >= 4 is 16.9 Å². The lowest BCUT2D eigenvalue weighted by atomic mass is 10.2. The zero-order valence-electron chi connectivity index (χ0n) is 15.7. The second kappa shape index (κ2) is 8.98. The molecule has 142 valence electrons. The number of carbonyl (C=O) groups is 1. The van der Waals surface area contributed by atoms with Crippen LogP contribution in [0.5, 0.6) is 11.5 Å². The highest BCUT2D eigenvalue weighted by atomic mass is 16.5. The summed E-state index contributed by atoms with van der Waals surface area (Å²) in [6.45, 7) is 1.90. The largest absolute Gasteiger partial charge is 0.493 e. The highest BCUT2D eigenvalue weighted by Crippen LogP contribution is 2.27. The maximum Gasteiger partial charge on any atom is 0.315 e. The summed E-state index contributed by atoms with van der Waals surface area (Å²) in [4.78, 5) is 12.0. The van der Waals surface area contributed by atoms with Crippen LogP contribution in [-0.4, -0.2) is 31.4 Å². The number of nitrogens with zero attached hydrogens (tertiary/aromatic N) is 1. The van der Waals surface area contributed by atoms with Crippen LogP contribution in [0, 0.1) is 0 Å². The quantitative estimate of drug-likeness (QED) is 0.599. The van der Waals surface area contributed by atoms with Crippen LogP contribution in [0.1, 0.15) is 12.0 Å². The standard InChI is InChI=1S/C21H25N3O3/c1-26-19-9-8-16(14-20(19)27-2)15-23-21(25)22-11-5-12-24-13-10-17-6-3-4-7-18(17)24/h3-4,6-10,13-14H,5,11-12,15H2,1-2H3,(H2,22,23,25). The third-order valence-electron chi connectivity index (χ3n) is 4.44. The molecule has 2 amide bonds. The molecule has 3 aromatic rings. The second-order valence-electron chi connectivity index (χ2n) is 6.22. The molecule has 0 aliphatic heterocycles. The van der Waals surface area contributed by atoms with Crippen LogP contribution in [0.2, 0.25) is 0 Å². The van der Waals surface area contributed by atoms with Gasteiger partial charge in [-0.05, 0) is 41.6 Å². The third kappa shape index (κ3) is 4.73. The van der Waals surface area contributed by atoms with E-state index in [1.807, 2.05) is 30.3 Å². The predicted molar refractivity (Wildman–Crippen MR) is 106 cm³/mol. The van der Waals surface area contributed by atoms with Gasteiger partial charge in [-0.2, -0.15) is 0 Å². The number of hydrogen-bond acceptors (Lipinski definition) is 3. The molecule has 0 bridgehead atoms. The first kappa shape index (κ1) is 18.6. The van der Waals surface area contributed by atoms with E-state index in [0.29, 0.717) is 24.6 Å². The van der Waals surface area contributed by atoms with Gasteiger partial charge in [0.05, 0.1) is 14.2 Å². The summed E-state index contributed by atoms with van der Waals surface area (Å²) in [5.41, 5.74) is 2.16. The molecular weight excluding hydrogens is 342 g/mol. The molecular formula is C21H25N3O3. The Hall–Kier alpha value is -3.15. The second-order valence-corrected chi connectivity index (χ2v) is 6.22. The monoisotopic (exact) mass is 367 g/mol. The van der Waals surface area contributed by atoms with Gasteiger partial charge in [0, 0.05) is 31.3 Å². The van der Waals surface area contributed by atoms with Gasteiger partial charge in [0.25, 0.3) is 0 Å². The number of aryl methyl sites for hydroxylation is 1. The zero-order chi connectivity index (χ0) is 19.1. The van der Waals surface area contributed by atoms with E-state index in [1.54, 1.807) is 14.2 Å². The number of amides is 2. The van der Waals surface area contributed by atoms with Crippen LogP contribution in [-0.2, 0) is 13.1 Å². The Labute approximate surface area is 159 Å². The molecule has 27 heavy (non-hydrogen) atoms. The Morgan fingerprint density at radius 2 is 1.81 bits per heavy atom. The lowest BCUT2D eigenvalue weighted by molar-refractivity contribution is 0.240. The Morgan fingerprint density at radius 3 is 2.63 bits per heavy atom. The number of urea groups is 1. The van der Waals surface area contributed by atoms with Gasteiger partial charge in [0.15, 0.2) is 11.5 Å². The van der Waals surface area contributed by atoms with Crippen LogP contribution in [0.15, 0.2) is 54.7 Å². The van der Waals surface area contributed by atoms with Crippen molar-refractivity contribution in [2.75, 3.05) is 20.8 Å². The van der Waals surface area contributed by atoms with Crippen LogP contribution in [0.25, 0.3) is 10.9 Å². The number of carbonyl (C=O) groups excluding carboxylic acids is 1. The molecule has 0 unspecified atom stereocenters. The predicted octanol–water partition coefficient (Wildman–Crippen LogP) is 3.55. The topological polar surface area (TPSA) is 64.5 Å². The summed E-state index contributed by atoms with van der Waals surface area (Å²) in [5, 5.41) is 6.99. The van der Waals surface area contributed by atoms with E-state index in [9.17, 15) is 4.79 Å². The SMILES string of the molecule is COc1ccc(CNC(=O)NCCCn2ccc3ccccc32)cc1OC. The molecule has 2 N–H and O–H groups in total. The first-order valence-electron chi connectivity index (χ1n) is 8.97. The molecule has 2 aromatic carbocycles. The number of rotatable bonds is 8. The molecule has 0 fully saturated rings. The number of methoxy groups -OCH3 is 2. The minimum atomic E-state index is -0.179. The maximum absolute atomic E-state index is 12.0. The van der Waals surface area contributed by atoms with Gasteiger partial charge in [-0.3, -0.25) is 0 Å². The van der Waals surface area contributed by atoms with Gasteiger partial charge >= 0.3 is 6.03 Å². The van der Waals surface area contributed by atoms with Crippen LogP contribution >= 0.6 is 0 Å². The number of ether oxygens (including phenoxy) is 2. The van der Waals surface area contributed by atoms with Gasteiger partial charge < -0.3 is 24.7 Å². The molecule has 6 nitrogen and oxygen atoms in total. The minimum Gasteiger partial charge on any atom is -0.493 e. The van der Waals surface area contributed by atoms with Crippen molar-refractivity contribution in [3.63, 3.8) is 0 Å². The summed E-state index contributed by atoms with van der Waals surface area (Å²) in [5.74, 6) is 1.32. The summed E-state index contributed by atoms with van der Waals surface area (Å²) in [7, 11) is 3.19. The van der Waals surface area contributed by atoms with E-state index in [2.05, 4.69) is 39.6 Å². The summed E-state index contributed by atoms with van der Waals surface area (Å²) < 4.78 is 12.7. The van der Waals surface area contributed by atoms with Crippen molar-refractivity contribution in [1.82, 2.24) is 15.2 Å². The van der Waals surface area contributed by atoms with Crippen molar-refractivity contribution in [1.29, 1.82) is 0 Å². The molecule has 1 heterocycles. The summed E-state index contributed by atoms with van der Waals surface area (Å²) >= 11 is 0. The number of benzene rings is 2. The van der Waals surface area contributed by atoms with E-state index in [1.165, 1.54) is 10.9 Å². The highest BCUT2D eigenvalue weighted by molar-refractivity contribution is 5.79. The molecule has 6 heteroatoms. The Balaban J connectivity index is 1.41. The van der Waals surface area contributed by atoms with Gasteiger partial charge in [-0.25, -0.2) is 4.79 Å². The van der Waals surface area contributed by atoms with Crippen molar-refractivity contribution in [3.8, 4) is 11.5 Å². The van der Waals surface area contributed by atoms with E-state index >= 15 is 0 Å². The van der Waals surface area contributed by atoms with Gasteiger partial charge in [-0.1, -0.05) is 24.3 Å². The third-order valence-corrected chi connectivity index (χ3v) is 4.44. The van der Waals surface area contributed by atoms with Crippen LogP contribution < -0.4 is 20.1 Å². The molecule has 3 rings (SSSR count). The van der Waals surface area contributed by atoms with Crippen LogP contribution in [0.3, 0.4) is 0 Å². The van der Waals surface area contributed by atoms with Gasteiger partial charge in [-0.15, -0.1) is 0 Å². The number of aromatic nitrogens is 1. The summed E-state index contributed by atoms with van der Waals surface area (Å²) in [6, 6.07) is 15.8. The van der Waals surface area contributed by atoms with Crippen molar-refractivity contribution in [3.05, 3.63) is 60.3 Å². The van der Waals surface area contributed by atoms with Gasteiger partial charge in [0.1, 0.15) is 0 Å². The van der Waals surface area contributed by atoms with Gasteiger partial charge in [0.2, 0.25) is 0 Å². The molecule has 0 aliphatic rings. The van der Waals surface area contributed by atoms with Crippen molar-refractivity contribution in [2.45, 2.75) is 19.5 Å². The first-order chi connectivity index (χ1) is 13.2. The lowest BCUT2D eigenvalue weighted by Gasteiger charge is -2.11. The zero-order valence-corrected chi connectivity index (χ0v) is 15.7. The van der Waals surface area contributed by atoms with E-state index < -0.39 is 0 Å². The minimum absolute atomic E-state index is 0.179. The Kier molecular flexibility index (Phi) is 6.20. The van der Waals surface area contributed by atoms with E-state index in [-0.39, 0.29) is 6.03 Å². The van der Waals surface area contributed by atoms with Crippen molar-refractivity contribution < 1.29 is 14.3 Å². The fraction of sp³-hybridized carbons (Fsp3) is 0.286. The number of nitrogens with one attached hydrogen (secondary N) is 2. The number of para-hydroxylation sites is 1. The number of hydrogen-bond donors (Lipinski definition) is 2. The maximum atomic E-state index is 12.0. The number of fused-ring (bicyclic) bond motifs is 1. The smallest absolute Gasteiger partial charge is 0.315 e. The molecule has 0 aliphatic carbocycles. The first-order valence-corrected chi connectivity index (χ1v) is 8.97. The molecule has 0 spiro atoms. The molecule has 1 aromatic heterocycles. The molecule has 0 saturated carbocycles. The lowest BCUT2D eigenvalue weighted by Crippen LogP contribution is -2.35. The molecule has 0 saturated heterocycles. The average Bonchev–Trinajstić information content (AvgIpc) is 3.12. The Bertz CT molecular complexity index is 905. The Morgan fingerprint density at radius 1 is 1.00 bits per heavy atom. The average molecular weight is 367 g/mol.